The van der Waals surface area contributed by atoms with E-state index < -0.39 is 0 Å². The van der Waals surface area contributed by atoms with Gasteiger partial charge in [-0.1, -0.05) is 11.6 Å². The largest absolute Gasteiger partial charge is 0.496 e. The molecule has 0 atom stereocenters. The third-order valence-corrected chi connectivity index (χ3v) is 4.35. The van der Waals surface area contributed by atoms with Crippen LogP contribution in [-0.2, 0) is 4.74 Å². The van der Waals surface area contributed by atoms with Crippen molar-refractivity contribution >= 4 is 23.0 Å². The third kappa shape index (κ3) is 6.61. The smallest absolute Gasteiger partial charge is 0.186 e. The summed E-state index contributed by atoms with van der Waals surface area (Å²) in [5.41, 5.74) is 5.87. The summed E-state index contributed by atoms with van der Waals surface area (Å²) in [4.78, 5) is 2.41. The Bertz CT molecular complexity index is 601. The molecular weight excluding hydrogens is 336 g/mol. The number of benzene rings is 1. The second kappa shape index (κ2) is 10.3. The minimum absolute atomic E-state index is 0.535. The molecule has 7 heteroatoms. The SMILES string of the molecule is COc1ccc(C)cc1/C(C)=N\NC(=S)NCCCN1CCOCC1. The molecule has 1 aromatic rings. The molecule has 138 valence electrons. The van der Waals surface area contributed by atoms with Gasteiger partial charge in [0.25, 0.3) is 0 Å². The van der Waals surface area contributed by atoms with Crippen LogP contribution in [-0.4, -0.2) is 62.2 Å². The number of hydrogen-bond acceptors (Lipinski definition) is 5. The maximum atomic E-state index is 5.39. The quantitative estimate of drug-likeness (QED) is 0.334. The van der Waals surface area contributed by atoms with Crippen LogP contribution >= 0.6 is 12.2 Å². The fourth-order valence-corrected chi connectivity index (χ4v) is 2.82. The molecule has 25 heavy (non-hydrogen) atoms. The summed E-state index contributed by atoms with van der Waals surface area (Å²) in [7, 11) is 1.66. The molecule has 0 unspecified atom stereocenters. The zero-order valence-corrected chi connectivity index (χ0v) is 16.1. The third-order valence-electron chi connectivity index (χ3n) is 4.11. The Morgan fingerprint density at radius 1 is 1.36 bits per heavy atom. The Labute approximate surface area is 155 Å². The number of aryl methyl sites for hydroxylation is 1. The summed E-state index contributed by atoms with van der Waals surface area (Å²) in [6.45, 7) is 9.57. The Morgan fingerprint density at radius 2 is 2.12 bits per heavy atom. The molecular formula is C18H28N4O2S. The summed E-state index contributed by atoms with van der Waals surface area (Å²) < 4.78 is 10.7. The van der Waals surface area contributed by atoms with Crippen molar-refractivity contribution in [2.45, 2.75) is 20.3 Å². The van der Waals surface area contributed by atoms with Gasteiger partial charge >= 0.3 is 0 Å². The molecule has 1 fully saturated rings. The number of hydrogen-bond donors (Lipinski definition) is 2. The normalized spacial score (nSPS) is 15.7. The molecule has 0 spiro atoms. The first kappa shape index (κ1) is 19.6. The van der Waals surface area contributed by atoms with Crippen molar-refractivity contribution in [2.75, 3.05) is 46.5 Å². The zero-order chi connectivity index (χ0) is 18.1. The maximum Gasteiger partial charge on any atom is 0.186 e. The van der Waals surface area contributed by atoms with Crippen LogP contribution in [0.15, 0.2) is 23.3 Å². The van der Waals surface area contributed by atoms with E-state index in [9.17, 15) is 0 Å². The molecule has 2 rings (SSSR count). The monoisotopic (exact) mass is 364 g/mol. The first-order valence-corrected chi connectivity index (χ1v) is 9.04. The molecule has 0 radical (unpaired) electrons. The van der Waals surface area contributed by atoms with Gasteiger partial charge in [-0.3, -0.25) is 10.3 Å². The van der Waals surface area contributed by atoms with Gasteiger partial charge in [0.1, 0.15) is 5.75 Å². The van der Waals surface area contributed by atoms with Crippen LogP contribution in [0.2, 0.25) is 0 Å². The fourth-order valence-electron chi connectivity index (χ4n) is 2.67. The number of nitrogens with zero attached hydrogens (tertiary/aromatic N) is 2. The minimum atomic E-state index is 0.535. The molecule has 1 aliphatic rings. The topological polar surface area (TPSA) is 58.1 Å². The van der Waals surface area contributed by atoms with Gasteiger partial charge in [-0.15, -0.1) is 0 Å². The number of nitrogens with one attached hydrogen (secondary N) is 2. The van der Waals surface area contributed by atoms with E-state index in [2.05, 4.69) is 26.8 Å². The van der Waals surface area contributed by atoms with Gasteiger partial charge in [0, 0.05) is 25.2 Å². The van der Waals surface area contributed by atoms with E-state index in [0.29, 0.717) is 5.11 Å². The highest BCUT2D eigenvalue weighted by Crippen LogP contribution is 2.20. The number of morpholine rings is 1. The number of ether oxygens (including phenoxy) is 2. The lowest BCUT2D eigenvalue weighted by Crippen LogP contribution is -2.39. The summed E-state index contributed by atoms with van der Waals surface area (Å²) in [5, 5.41) is 8.10. The minimum Gasteiger partial charge on any atom is -0.496 e. The van der Waals surface area contributed by atoms with Gasteiger partial charge in [-0.25, -0.2) is 0 Å². The number of methoxy groups -OCH3 is 1. The van der Waals surface area contributed by atoms with Crippen molar-refractivity contribution < 1.29 is 9.47 Å². The van der Waals surface area contributed by atoms with E-state index in [4.69, 9.17) is 21.7 Å². The van der Waals surface area contributed by atoms with Crippen LogP contribution in [0, 0.1) is 6.92 Å². The van der Waals surface area contributed by atoms with Gasteiger partial charge in [0.2, 0.25) is 0 Å². The average molecular weight is 365 g/mol. The molecule has 1 aliphatic heterocycles. The molecule has 1 heterocycles. The summed E-state index contributed by atoms with van der Waals surface area (Å²) >= 11 is 5.29. The van der Waals surface area contributed by atoms with Crippen molar-refractivity contribution in [3.05, 3.63) is 29.3 Å². The number of hydrazone groups is 1. The predicted molar refractivity (Wildman–Crippen MR) is 106 cm³/mol. The van der Waals surface area contributed by atoms with Crippen LogP contribution < -0.4 is 15.5 Å². The lowest BCUT2D eigenvalue weighted by atomic mass is 10.1. The van der Waals surface area contributed by atoms with Gasteiger partial charge in [-0.2, -0.15) is 5.10 Å². The molecule has 6 nitrogen and oxygen atoms in total. The van der Waals surface area contributed by atoms with Crippen LogP contribution in [0.4, 0.5) is 0 Å². The van der Waals surface area contributed by atoms with Gasteiger partial charge < -0.3 is 14.8 Å². The van der Waals surface area contributed by atoms with Crippen molar-refractivity contribution in [3.8, 4) is 5.75 Å². The van der Waals surface area contributed by atoms with Crippen LogP contribution in [0.3, 0.4) is 0 Å². The highest BCUT2D eigenvalue weighted by atomic mass is 32.1. The Kier molecular flexibility index (Phi) is 8.11. The first-order valence-electron chi connectivity index (χ1n) is 8.63. The second-order valence-electron chi connectivity index (χ2n) is 6.08. The van der Waals surface area contributed by atoms with Crippen molar-refractivity contribution in [1.29, 1.82) is 0 Å². The number of thiocarbonyl (C=S) groups is 1. The lowest BCUT2D eigenvalue weighted by Gasteiger charge is -2.26. The summed E-state index contributed by atoms with van der Waals surface area (Å²) in [5.74, 6) is 0.804. The fraction of sp³-hybridized carbons (Fsp3) is 0.556. The van der Waals surface area contributed by atoms with E-state index >= 15 is 0 Å². The van der Waals surface area contributed by atoms with Crippen molar-refractivity contribution in [1.82, 2.24) is 15.6 Å². The van der Waals surface area contributed by atoms with E-state index in [1.807, 2.05) is 26.0 Å². The van der Waals surface area contributed by atoms with Crippen LogP contribution in [0.1, 0.15) is 24.5 Å². The van der Waals surface area contributed by atoms with Gasteiger partial charge in [0.15, 0.2) is 5.11 Å². The molecule has 2 N–H and O–H groups in total. The van der Waals surface area contributed by atoms with E-state index in [0.717, 1.165) is 68.4 Å². The Morgan fingerprint density at radius 3 is 2.84 bits per heavy atom. The van der Waals surface area contributed by atoms with E-state index in [-0.39, 0.29) is 0 Å². The van der Waals surface area contributed by atoms with Gasteiger partial charge in [-0.05, 0) is 51.2 Å². The molecule has 0 aliphatic carbocycles. The highest BCUT2D eigenvalue weighted by Gasteiger charge is 2.09. The maximum absolute atomic E-state index is 5.39. The van der Waals surface area contributed by atoms with Crippen LogP contribution in [0.25, 0.3) is 0 Å². The summed E-state index contributed by atoms with van der Waals surface area (Å²) in [6.07, 6.45) is 1.04. The molecule has 0 aromatic heterocycles. The van der Waals surface area contributed by atoms with Crippen molar-refractivity contribution in [2.24, 2.45) is 5.10 Å². The highest BCUT2D eigenvalue weighted by molar-refractivity contribution is 7.80. The lowest BCUT2D eigenvalue weighted by molar-refractivity contribution is 0.0376. The van der Waals surface area contributed by atoms with E-state index in [1.165, 1.54) is 0 Å². The average Bonchev–Trinajstić information content (AvgIpc) is 2.64. The van der Waals surface area contributed by atoms with Gasteiger partial charge in [0.05, 0.1) is 26.0 Å². The Hall–Kier alpha value is -1.70. The molecule has 1 saturated heterocycles. The predicted octanol–water partition coefficient (Wildman–Crippen LogP) is 1.91. The zero-order valence-electron chi connectivity index (χ0n) is 15.3. The molecule has 0 bridgehead atoms. The summed E-state index contributed by atoms with van der Waals surface area (Å²) in [6, 6.07) is 6.02. The van der Waals surface area contributed by atoms with Crippen LogP contribution in [0.5, 0.6) is 5.75 Å². The standard InChI is InChI=1S/C18H28N4O2S/c1-14-5-6-17(23-3)16(13-14)15(2)20-21-18(25)19-7-4-8-22-9-11-24-12-10-22/h5-6,13H,4,7-12H2,1-3H3,(H2,19,21,25)/b20-15-. The number of rotatable bonds is 7. The first-order chi connectivity index (χ1) is 12.1. The second-order valence-corrected chi connectivity index (χ2v) is 6.48. The molecule has 1 aromatic carbocycles. The molecule has 0 amide bonds. The Balaban J connectivity index is 1.74. The van der Waals surface area contributed by atoms with E-state index in [1.54, 1.807) is 7.11 Å². The molecule has 0 saturated carbocycles. The van der Waals surface area contributed by atoms with Crippen molar-refractivity contribution in [3.63, 3.8) is 0 Å².